The normalized spacial score (nSPS) is 17.9. The second-order valence-corrected chi connectivity index (χ2v) is 6.09. The van der Waals surface area contributed by atoms with Crippen molar-refractivity contribution in [1.82, 2.24) is 15.0 Å². The average Bonchev–Trinajstić information content (AvgIpc) is 2.47. The van der Waals surface area contributed by atoms with E-state index in [1.165, 1.54) is 5.56 Å². The quantitative estimate of drug-likeness (QED) is 0.918. The Morgan fingerprint density at radius 3 is 3.00 bits per heavy atom. The molecule has 2 aromatic rings. The molecular formula is C15H17BrN4. The summed E-state index contributed by atoms with van der Waals surface area (Å²) in [5, 5.41) is 0. The lowest BCUT2D eigenvalue weighted by Gasteiger charge is -2.24. The van der Waals surface area contributed by atoms with Crippen LogP contribution in [0.4, 0.5) is 0 Å². The first-order chi connectivity index (χ1) is 9.69. The summed E-state index contributed by atoms with van der Waals surface area (Å²) in [6, 6.07) is 3.86. The van der Waals surface area contributed by atoms with Gasteiger partial charge < -0.3 is 5.73 Å². The van der Waals surface area contributed by atoms with Crippen LogP contribution in [0.5, 0.6) is 0 Å². The summed E-state index contributed by atoms with van der Waals surface area (Å²) in [5.74, 6) is 1.28. The minimum absolute atomic E-state index is 0.567. The van der Waals surface area contributed by atoms with Gasteiger partial charge in [0.1, 0.15) is 5.69 Å². The third-order valence-electron chi connectivity index (χ3n) is 3.89. The number of nitrogens with zero attached hydrogens (tertiary/aromatic N) is 3. The third-order valence-corrected chi connectivity index (χ3v) is 4.53. The van der Waals surface area contributed by atoms with Gasteiger partial charge in [-0.15, -0.1) is 0 Å². The summed E-state index contributed by atoms with van der Waals surface area (Å²) in [7, 11) is 0. The molecule has 0 fully saturated rings. The number of halogens is 1. The fourth-order valence-electron chi connectivity index (χ4n) is 2.72. The van der Waals surface area contributed by atoms with Gasteiger partial charge in [-0.1, -0.05) is 0 Å². The Bertz CT molecular complexity index is 642. The van der Waals surface area contributed by atoms with E-state index in [-0.39, 0.29) is 0 Å². The van der Waals surface area contributed by atoms with Gasteiger partial charge in [0, 0.05) is 22.1 Å². The first kappa shape index (κ1) is 13.6. The summed E-state index contributed by atoms with van der Waals surface area (Å²) >= 11 is 3.52. The van der Waals surface area contributed by atoms with E-state index in [9.17, 15) is 0 Å². The summed E-state index contributed by atoms with van der Waals surface area (Å²) in [5.41, 5.74) is 10.1. The molecule has 5 heteroatoms. The minimum atomic E-state index is 0.567. The number of aryl methyl sites for hydroxylation is 2. The van der Waals surface area contributed by atoms with Crippen LogP contribution in [0.2, 0.25) is 0 Å². The van der Waals surface area contributed by atoms with E-state index < -0.39 is 0 Å². The molecule has 1 aliphatic carbocycles. The molecule has 0 aliphatic heterocycles. The predicted molar refractivity (Wildman–Crippen MR) is 82.3 cm³/mol. The number of hydrogen-bond donors (Lipinski definition) is 1. The fourth-order valence-corrected chi connectivity index (χ4v) is 3.15. The summed E-state index contributed by atoms with van der Waals surface area (Å²) in [4.78, 5) is 13.7. The zero-order chi connectivity index (χ0) is 14.1. The average molecular weight is 333 g/mol. The molecular weight excluding hydrogens is 316 g/mol. The van der Waals surface area contributed by atoms with Crippen LogP contribution < -0.4 is 5.73 Å². The first-order valence-electron chi connectivity index (χ1n) is 6.86. The number of aromatic nitrogens is 3. The first-order valence-corrected chi connectivity index (χ1v) is 7.65. The van der Waals surface area contributed by atoms with Crippen LogP contribution >= 0.6 is 15.9 Å². The standard InChI is InChI=1S/C15H17BrN4/c1-9-11-7-10(8-17)4-5-13(11)20-15(19-9)14-12(16)3-2-6-18-14/h2-3,6,10H,4-5,7-8,17H2,1H3. The van der Waals surface area contributed by atoms with E-state index in [0.717, 1.165) is 47.4 Å². The maximum Gasteiger partial charge on any atom is 0.179 e. The molecule has 0 saturated heterocycles. The van der Waals surface area contributed by atoms with Crippen molar-refractivity contribution in [3.63, 3.8) is 0 Å². The van der Waals surface area contributed by atoms with Crippen LogP contribution in [-0.4, -0.2) is 21.5 Å². The van der Waals surface area contributed by atoms with Crippen molar-refractivity contribution in [3.05, 3.63) is 39.8 Å². The molecule has 0 spiro atoms. The smallest absolute Gasteiger partial charge is 0.179 e. The zero-order valence-corrected chi connectivity index (χ0v) is 13.0. The molecule has 104 valence electrons. The highest BCUT2D eigenvalue weighted by molar-refractivity contribution is 9.10. The third kappa shape index (κ3) is 2.47. The molecule has 0 bridgehead atoms. The highest BCUT2D eigenvalue weighted by Crippen LogP contribution is 2.29. The maximum absolute atomic E-state index is 5.79. The van der Waals surface area contributed by atoms with E-state index in [1.54, 1.807) is 6.20 Å². The van der Waals surface area contributed by atoms with E-state index in [1.807, 2.05) is 12.1 Å². The molecule has 2 aromatic heterocycles. The fraction of sp³-hybridized carbons (Fsp3) is 0.400. The van der Waals surface area contributed by atoms with E-state index in [0.29, 0.717) is 11.7 Å². The van der Waals surface area contributed by atoms with Crippen LogP contribution in [0.25, 0.3) is 11.5 Å². The van der Waals surface area contributed by atoms with Crippen LogP contribution in [-0.2, 0) is 12.8 Å². The lowest BCUT2D eigenvalue weighted by molar-refractivity contribution is 0.460. The molecule has 2 heterocycles. The highest BCUT2D eigenvalue weighted by Gasteiger charge is 2.22. The molecule has 1 unspecified atom stereocenters. The Hall–Kier alpha value is -1.33. The SMILES string of the molecule is Cc1nc(-c2ncccc2Br)nc2c1CC(CN)CC2. The summed E-state index contributed by atoms with van der Waals surface area (Å²) in [6.07, 6.45) is 4.87. The molecule has 3 rings (SSSR count). The summed E-state index contributed by atoms with van der Waals surface area (Å²) in [6.45, 7) is 2.80. The van der Waals surface area contributed by atoms with Gasteiger partial charge >= 0.3 is 0 Å². The molecule has 1 aliphatic rings. The van der Waals surface area contributed by atoms with Crippen LogP contribution in [0.3, 0.4) is 0 Å². The second-order valence-electron chi connectivity index (χ2n) is 5.24. The number of nitrogens with two attached hydrogens (primary N) is 1. The van der Waals surface area contributed by atoms with Gasteiger partial charge in [-0.2, -0.15) is 0 Å². The van der Waals surface area contributed by atoms with Gasteiger partial charge in [-0.3, -0.25) is 4.98 Å². The number of pyridine rings is 1. The molecule has 0 aromatic carbocycles. The Balaban J connectivity index is 2.05. The molecule has 0 amide bonds. The van der Waals surface area contributed by atoms with Gasteiger partial charge in [0.15, 0.2) is 5.82 Å². The van der Waals surface area contributed by atoms with Crippen molar-refractivity contribution in [1.29, 1.82) is 0 Å². The van der Waals surface area contributed by atoms with Gasteiger partial charge in [0.05, 0.1) is 0 Å². The van der Waals surface area contributed by atoms with E-state index in [4.69, 9.17) is 10.7 Å². The molecule has 1 atom stereocenters. The van der Waals surface area contributed by atoms with E-state index >= 15 is 0 Å². The topological polar surface area (TPSA) is 64.7 Å². The zero-order valence-electron chi connectivity index (χ0n) is 11.4. The van der Waals surface area contributed by atoms with Crippen molar-refractivity contribution < 1.29 is 0 Å². The van der Waals surface area contributed by atoms with Crippen molar-refractivity contribution in [2.75, 3.05) is 6.54 Å². The van der Waals surface area contributed by atoms with Crippen LogP contribution in [0.1, 0.15) is 23.4 Å². The Morgan fingerprint density at radius 1 is 1.40 bits per heavy atom. The van der Waals surface area contributed by atoms with Crippen molar-refractivity contribution in [3.8, 4) is 11.5 Å². The van der Waals surface area contributed by atoms with E-state index in [2.05, 4.69) is 32.8 Å². The molecule has 4 nitrogen and oxygen atoms in total. The largest absolute Gasteiger partial charge is 0.330 e. The maximum atomic E-state index is 5.79. The molecule has 0 radical (unpaired) electrons. The van der Waals surface area contributed by atoms with Crippen molar-refractivity contribution in [2.45, 2.75) is 26.2 Å². The summed E-state index contributed by atoms with van der Waals surface area (Å²) < 4.78 is 0.926. The second kappa shape index (κ2) is 5.58. The molecule has 0 saturated carbocycles. The Kier molecular flexibility index (Phi) is 3.81. The number of hydrogen-bond acceptors (Lipinski definition) is 4. The monoisotopic (exact) mass is 332 g/mol. The van der Waals surface area contributed by atoms with Gasteiger partial charge in [-0.25, -0.2) is 9.97 Å². The highest BCUT2D eigenvalue weighted by atomic mass is 79.9. The minimum Gasteiger partial charge on any atom is -0.330 e. The van der Waals surface area contributed by atoms with Gasteiger partial charge in [0.25, 0.3) is 0 Å². The van der Waals surface area contributed by atoms with Crippen LogP contribution in [0.15, 0.2) is 22.8 Å². The lowest BCUT2D eigenvalue weighted by atomic mass is 9.86. The van der Waals surface area contributed by atoms with Crippen molar-refractivity contribution in [2.24, 2.45) is 11.7 Å². The number of rotatable bonds is 2. The van der Waals surface area contributed by atoms with Crippen molar-refractivity contribution >= 4 is 15.9 Å². The van der Waals surface area contributed by atoms with Gasteiger partial charge in [-0.05, 0) is 72.3 Å². The molecule has 20 heavy (non-hydrogen) atoms. The lowest BCUT2D eigenvalue weighted by Crippen LogP contribution is -2.24. The Morgan fingerprint density at radius 2 is 2.25 bits per heavy atom. The van der Waals surface area contributed by atoms with Gasteiger partial charge in [0.2, 0.25) is 0 Å². The predicted octanol–water partition coefficient (Wildman–Crippen LogP) is 2.67. The number of fused-ring (bicyclic) bond motifs is 1. The molecule has 2 N–H and O–H groups in total. The van der Waals surface area contributed by atoms with Crippen LogP contribution in [0, 0.1) is 12.8 Å². The Labute approximate surface area is 127 Å².